The van der Waals surface area contributed by atoms with Crippen LogP contribution in [-0.4, -0.2) is 118 Å². The summed E-state index contributed by atoms with van der Waals surface area (Å²) in [6, 6.07) is 21.0. The number of carbonyl (C=O) groups is 4. The monoisotopic (exact) mass is 785 g/mol. The Labute approximate surface area is 334 Å². The molecule has 5 aromatic rings. The van der Waals surface area contributed by atoms with E-state index in [4.69, 9.17) is 14.8 Å². The molecule has 1 N–H and O–H groups in total. The van der Waals surface area contributed by atoms with Gasteiger partial charge in [-0.3, -0.25) is 29.0 Å². The molecule has 0 bridgehead atoms. The summed E-state index contributed by atoms with van der Waals surface area (Å²) >= 11 is 0. The molecule has 9 rings (SSSR count). The van der Waals surface area contributed by atoms with Crippen LogP contribution >= 0.6 is 0 Å². The van der Waals surface area contributed by atoms with E-state index in [1.807, 2.05) is 47.1 Å². The Morgan fingerprint density at radius 2 is 1.66 bits per heavy atom. The number of ketones is 2. The molecule has 2 amide bonds. The van der Waals surface area contributed by atoms with E-state index in [0.29, 0.717) is 25.4 Å². The van der Waals surface area contributed by atoms with Crippen molar-refractivity contribution < 1.29 is 28.3 Å². The molecule has 1 saturated carbocycles. The van der Waals surface area contributed by atoms with Gasteiger partial charge in [0.2, 0.25) is 0 Å². The van der Waals surface area contributed by atoms with Crippen LogP contribution in [0.25, 0.3) is 17.0 Å². The molecule has 2 aromatic carbocycles. The average Bonchev–Trinajstić information content (AvgIpc) is 3.96. The normalized spacial score (nSPS) is 20.1. The number of anilines is 3. The van der Waals surface area contributed by atoms with Gasteiger partial charge in [0, 0.05) is 57.9 Å². The number of rotatable bonds is 12. The van der Waals surface area contributed by atoms with Crippen LogP contribution in [0.1, 0.15) is 64.4 Å². The Bertz CT molecular complexity index is 2400. The maximum absolute atomic E-state index is 14.1. The van der Waals surface area contributed by atoms with Gasteiger partial charge in [-0.05, 0) is 79.4 Å². The molecule has 4 aliphatic rings. The van der Waals surface area contributed by atoms with Gasteiger partial charge in [0.05, 0.1) is 54.7 Å². The number of halogens is 1. The van der Waals surface area contributed by atoms with E-state index in [1.165, 1.54) is 6.07 Å². The van der Waals surface area contributed by atoms with E-state index < -0.39 is 17.9 Å². The molecule has 3 fully saturated rings. The third kappa shape index (κ3) is 7.42. The molecule has 1 unspecified atom stereocenters. The summed E-state index contributed by atoms with van der Waals surface area (Å²) in [6.45, 7) is 6.59. The molecule has 2 saturated heterocycles. The first-order valence-corrected chi connectivity index (χ1v) is 20.0. The fourth-order valence-electron chi connectivity index (χ4n) is 8.58. The van der Waals surface area contributed by atoms with E-state index in [9.17, 15) is 23.6 Å². The molecular weight excluding hydrogens is 742 g/mol. The highest BCUT2D eigenvalue weighted by atomic mass is 19.1. The number of hydrogen-bond donors (Lipinski definition) is 1. The summed E-state index contributed by atoms with van der Waals surface area (Å²) in [6.07, 6.45) is 3.89. The molecule has 3 aromatic heterocycles. The second-order valence-electron chi connectivity index (χ2n) is 15.2. The predicted molar refractivity (Wildman–Crippen MR) is 214 cm³/mol. The van der Waals surface area contributed by atoms with E-state index in [-0.39, 0.29) is 53.8 Å². The number of nitrogens with zero attached hydrogens (tertiary/aromatic N) is 8. The lowest BCUT2D eigenvalue weighted by molar-refractivity contribution is -0.132. The minimum atomic E-state index is -0.882. The fraction of sp³-hybridized carbons (Fsp3) is 0.372. The molecule has 6 heterocycles. The SMILES string of the molecule is O=C1CCC(N2C(=O)c3ccc(NCCOCCN4CCN(c5cccc(-c6cnc7ccc(N8CCC[C@@H]8c8cccc(F)c8)nn67)n5)CC4)cc3C2=O)C(=O)C1. The van der Waals surface area contributed by atoms with Gasteiger partial charge in [0.25, 0.3) is 11.8 Å². The molecule has 0 spiro atoms. The zero-order chi connectivity index (χ0) is 39.8. The van der Waals surface area contributed by atoms with Crippen LogP contribution in [0.2, 0.25) is 0 Å². The Morgan fingerprint density at radius 1 is 0.810 bits per heavy atom. The molecule has 298 valence electrons. The molecular formula is C43H44FN9O5. The van der Waals surface area contributed by atoms with E-state index in [0.717, 1.165) is 91.2 Å². The number of fused-ring (bicyclic) bond motifs is 2. The Balaban J connectivity index is 0.745. The van der Waals surface area contributed by atoms with Gasteiger partial charge in [-0.25, -0.2) is 18.9 Å². The molecule has 14 nitrogen and oxygen atoms in total. The number of Topliss-reactive ketones (excluding diaryl/α,β-unsaturated/α-hetero) is 2. The molecule has 1 aliphatic carbocycles. The maximum atomic E-state index is 14.1. The van der Waals surface area contributed by atoms with Gasteiger partial charge >= 0.3 is 0 Å². The highest BCUT2D eigenvalue weighted by Crippen LogP contribution is 2.36. The van der Waals surface area contributed by atoms with E-state index in [1.54, 1.807) is 30.3 Å². The maximum Gasteiger partial charge on any atom is 0.262 e. The van der Waals surface area contributed by atoms with Crippen molar-refractivity contribution in [3.8, 4) is 11.4 Å². The van der Waals surface area contributed by atoms with Crippen LogP contribution in [0.15, 0.2) is 79.0 Å². The average molecular weight is 786 g/mol. The zero-order valence-corrected chi connectivity index (χ0v) is 32.1. The second-order valence-corrected chi connectivity index (χ2v) is 15.2. The number of ether oxygens (including phenoxy) is 1. The van der Waals surface area contributed by atoms with Crippen LogP contribution in [-0.2, 0) is 14.3 Å². The van der Waals surface area contributed by atoms with Crippen molar-refractivity contribution in [2.45, 2.75) is 44.2 Å². The number of pyridine rings is 1. The van der Waals surface area contributed by atoms with Crippen LogP contribution in [0.3, 0.4) is 0 Å². The van der Waals surface area contributed by atoms with Gasteiger partial charge in [-0.2, -0.15) is 0 Å². The number of nitrogens with one attached hydrogen (secondary N) is 1. The summed E-state index contributed by atoms with van der Waals surface area (Å²) in [7, 11) is 0. The first-order valence-electron chi connectivity index (χ1n) is 20.0. The van der Waals surface area contributed by atoms with E-state index in [2.05, 4.69) is 25.0 Å². The lowest BCUT2D eigenvalue weighted by atomic mass is 9.92. The molecule has 3 aliphatic heterocycles. The summed E-state index contributed by atoms with van der Waals surface area (Å²) in [4.78, 5) is 67.9. The number of imidazole rings is 1. The van der Waals surface area contributed by atoms with E-state index >= 15 is 0 Å². The second kappa shape index (κ2) is 16.1. The van der Waals surface area contributed by atoms with Crippen molar-refractivity contribution >= 4 is 46.4 Å². The van der Waals surface area contributed by atoms with Crippen molar-refractivity contribution in [3.05, 3.63) is 102 Å². The minimum absolute atomic E-state index is 0.0620. The number of benzene rings is 2. The number of hydrogen-bond acceptors (Lipinski definition) is 12. The van der Waals surface area contributed by atoms with Crippen molar-refractivity contribution in [2.75, 3.05) is 74.1 Å². The van der Waals surface area contributed by atoms with Crippen molar-refractivity contribution in [1.29, 1.82) is 0 Å². The first kappa shape index (κ1) is 37.5. The Morgan fingerprint density at radius 3 is 2.50 bits per heavy atom. The van der Waals surface area contributed by atoms with Crippen molar-refractivity contribution in [3.63, 3.8) is 0 Å². The third-order valence-corrected chi connectivity index (χ3v) is 11.6. The van der Waals surface area contributed by atoms with Gasteiger partial charge in [0.15, 0.2) is 11.4 Å². The smallest absolute Gasteiger partial charge is 0.262 e. The highest BCUT2D eigenvalue weighted by molar-refractivity contribution is 6.24. The lowest BCUT2D eigenvalue weighted by Gasteiger charge is -2.35. The van der Waals surface area contributed by atoms with Crippen LogP contribution < -0.4 is 15.1 Å². The standard InChI is InChI=1S/C43H44FN9O5/c44-29-5-1-4-28(24-29)35-7-3-16-51(35)41-14-13-39-46-27-37(53(39)48-41)34-6-2-8-40(47-34)50-19-17-49(18-20-50)21-23-58-22-15-45-30-9-11-32-33(25-30)43(57)52(42(32)56)36-12-10-31(54)26-38(36)55/h1-2,4-6,8-9,11,13-14,24-25,27,35-36,45H,3,7,10,12,15-23,26H2/t35-,36?/m1/s1. The highest BCUT2D eigenvalue weighted by Gasteiger charge is 2.44. The minimum Gasteiger partial charge on any atom is -0.383 e. The Hall–Kier alpha value is -6.06. The number of imide groups is 1. The van der Waals surface area contributed by atoms with Crippen molar-refractivity contribution in [1.82, 2.24) is 29.4 Å². The van der Waals surface area contributed by atoms with Gasteiger partial charge in [-0.1, -0.05) is 18.2 Å². The van der Waals surface area contributed by atoms with Gasteiger partial charge < -0.3 is 19.9 Å². The number of amides is 2. The fourth-order valence-corrected chi connectivity index (χ4v) is 8.58. The lowest BCUT2D eigenvalue weighted by Crippen LogP contribution is -2.47. The largest absolute Gasteiger partial charge is 0.383 e. The molecule has 15 heteroatoms. The predicted octanol–water partition coefficient (Wildman–Crippen LogP) is 4.81. The summed E-state index contributed by atoms with van der Waals surface area (Å²) in [5.74, 6) is -0.0178. The topological polar surface area (TPSA) is 146 Å². The van der Waals surface area contributed by atoms with Crippen LogP contribution in [0.5, 0.6) is 0 Å². The number of aromatic nitrogens is 4. The quantitative estimate of drug-likeness (QED) is 0.105. The molecule has 58 heavy (non-hydrogen) atoms. The zero-order valence-electron chi connectivity index (χ0n) is 32.1. The van der Waals surface area contributed by atoms with Crippen LogP contribution in [0.4, 0.5) is 21.7 Å². The molecule has 2 atom stereocenters. The molecule has 0 radical (unpaired) electrons. The van der Waals surface area contributed by atoms with Gasteiger partial charge in [-0.15, -0.1) is 5.10 Å². The summed E-state index contributed by atoms with van der Waals surface area (Å²) in [5.41, 5.74) is 4.51. The third-order valence-electron chi connectivity index (χ3n) is 11.6. The summed E-state index contributed by atoms with van der Waals surface area (Å²) < 4.78 is 21.9. The number of carbonyl (C=O) groups excluding carboxylic acids is 4. The first-order chi connectivity index (χ1) is 28.3. The number of piperazine rings is 1. The summed E-state index contributed by atoms with van der Waals surface area (Å²) in [5, 5.41) is 8.27. The van der Waals surface area contributed by atoms with Gasteiger partial charge in [0.1, 0.15) is 28.9 Å². The van der Waals surface area contributed by atoms with Crippen molar-refractivity contribution in [2.24, 2.45) is 0 Å². The van der Waals surface area contributed by atoms with Crippen LogP contribution in [0, 0.1) is 5.82 Å². The Kier molecular flexibility index (Phi) is 10.4.